The van der Waals surface area contributed by atoms with Crippen molar-refractivity contribution in [1.29, 1.82) is 0 Å². The number of aliphatic hydroxyl groups is 1. The lowest BCUT2D eigenvalue weighted by atomic mass is 10.0. The molecule has 7 aromatic rings. The van der Waals surface area contributed by atoms with Crippen molar-refractivity contribution in [3.05, 3.63) is 179 Å². The topological polar surface area (TPSA) is 392 Å². The Bertz CT molecular complexity index is 4310. The van der Waals surface area contributed by atoms with Crippen molar-refractivity contribution in [3.8, 4) is 0 Å². The summed E-state index contributed by atoms with van der Waals surface area (Å²) in [6, 6.07) is 13.5. The molecular formula is C82H110F3N11O15. The average Bonchev–Trinajstić information content (AvgIpc) is 1.64. The third kappa shape index (κ3) is 24.5. The molecule has 11 heterocycles. The molecule has 0 bridgehead atoms. The van der Waals surface area contributed by atoms with E-state index in [1.807, 2.05) is 27.7 Å². The third-order valence-electron chi connectivity index (χ3n) is 18.8. The maximum atomic E-state index is 13.6. The van der Waals surface area contributed by atoms with E-state index in [0.717, 1.165) is 110 Å². The fourth-order valence-electron chi connectivity index (χ4n) is 13.1. The number of carboxylic acids is 1. The first kappa shape index (κ1) is 92.8. The van der Waals surface area contributed by atoms with Gasteiger partial charge in [0.15, 0.2) is 12.6 Å². The Labute approximate surface area is 646 Å². The van der Waals surface area contributed by atoms with Crippen molar-refractivity contribution in [3.63, 3.8) is 0 Å². The maximum Gasteiger partial charge on any atom is 0.337 e. The number of carboxylic acid groups (broad SMARTS) is 1. The molecule has 0 aliphatic carbocycles. The first-order valence-electron chi connectivity index (χ1n) is 35.4. The molecule has 4 saturated heterocycles. The van der Waals surface area contributed by atoms with Crippen LogP contribution in [0.1, 0.15) is 224 Å². The summed E-state index contributed by atoms with van der Waals surface area (Å²) in [5.41, 5.74) is 19.5. The van der Waals surface area contributed by atoms with Gasteiger partial charge in [0.25, 0.3) is 29.5 Å². The molecule has 0 unspecified atom stereocenters. The summed E-state index contributed by atoms with van der Waals surface area (Å²) < 4.78 is 60.8. The highest BCUT2D eigenvalue weighted by molar-refractivity contribution is 6.35. The minimum absolute atomic E-state index is 0. The number of rotatable bonds is 11. The van der Waals surface area contributed by atoms with Crippen LogP contribution in [0.25, 0.3) is 23.3 Å². The van der Waals surface area contributed by atoms with Crippen LogP contribution in [0.15, 0.2) is 54.6 Å². The number of nitrogens with two attached hydrogens (primary N) is 1. The summed E-state index contributed by atoms with van der Waals surface area (Å²) in [5, 5.41) is 33.5. The van der Waals surface area contributed by atoms with Crippen LogP contribution in [-0.2, 0) is 39.8 Å². The fourth-order valence-corrected chi connectivity index (χ4v) is 13.1. The number of aliphatic hydroxyl groups excluding tert-OH is 1. The van der Waals surface area contributed by atoms with Crippen molar-refractivity contribution in [2.75, 3.05) is 75.4 Å². The second-order valence-corrected chi connectivity index (χ2v) is 26.5. The van der Waals surface area contributed by atoms with Crippen LogP contribution in [-0.4, -0.2) is 168 Å². The molecule has 14 rings (SSSR count). The fraction of sp³-hybridized carbons (Fsp3) is 0.427. The summed E-state index contributed by atoms with van der Waals surface area (Å²) >= 11 is 0. The number of carbonyl (C=O) groups excluding carboxylic acids is 8. The quantitative estimate of drug-likeness (QED) is 0.0423. The maximum absolute atomic E-state index is 13.6. The van der Waals surface area contributed by atoms with Gasteiger partial charge in [0, 0.05) is 146 Å². The number of H-pyrrole nitrogens is 4. The molecule has 7 aliphatic rings. The minimum Gasteiger partial charge on any atom is -0.478 e. The number of aromatic nitrogens is 4. The molecule has 6 amide bonds. The predicted molar refractivity (Wildman–Crippen MR) is 425 cm³/mol. The molecule has 26 nitrogen and oxygen atoms in total. The Balaban J connectivity index is 0.000000291. The second kappa shape index (κ2) is 43.7. The molecular weight excluding hydrogens is 1440 g/mol. The smallest absolute Gasteiger partial charge is 0.337 e. The van der Waals surface area contributed by atoms with E-state index in [4.69, 9.17) is 34.9 Å². The second-order valence-electron chi connectivity index (χ2n) is 26.5. The first-order valence-corrected chi connectivity index (χ1v) is 35.4. The van der Waals surface area contributed by atoms with Crippen LogP contribution < -0.4 is 37.6 Å². The number of halogens is 3. The molecule has 0 atom stereocenters. The van der Waals surface area contributed by atoms with E-state index in [9.17, 15) is 56.3 Å². The zero-order valence-corrected chi connectivity index (χ0v) is 61.5. The number of amides is 6. The molecule has 111 heavy (non-hydrogen) atoms. The Morgan fingerprint density at radius 2 is 0.766 bits per heavy atom. The molecule has 0 saturated carbocycles. The van der Waals surface area contributed by atoms with Crippen LogP contribution in [0.5, 0.6) is 0 Å². The lowest BCUT2D eigenvalue weighted by Crippen LogP contribution is -2.39. The first-order chi connectivity index (χ1) is 51.1. The molecule has 604 valence electrons. The van der Waals surface area contributed by atoms with Gasteiger partial charge in [-0.2, -0.15) is 0 Å². The third-order valence-corrected chi connectivity index (χ3v) is 18.8. The van der Waals surface area contributed by atoms with Gasteiger partial charge in [0.2, 0.25) is 5.91 Å². The summed E-state index contributed by atoms with van der Waals surface area (Å²) in [7, 11) is 0. The monoisotopic (exact) mass is 1550 g/mol. The highest BCUT2D eigenvalue weighted by Crippen LogP contribution is 2.37. The minimum atomic E-state index is -1.01. The van der Waals surface area contributed by atoms with Gasteiger partial charge >= 0.3 is 5.97 Å². The Hall–Kier alpha value is -10.6. The highest BCUT2D eigenvalue weighted by atomic mass is 19.1. The predicted octanol–water partition coefficient (Wildman–Crippen LogP) is 12.8. The van der Waals surface area contributed by atoms with Crippen molar-refractivity contribution in [2.24, 2.45) is 5.73 Å². The van der Waals surface area contributed by atoms with Gasteiger partial charge in [0.1, 0.15) is 17.5 Å². The lowest BCUT2D eigenvalue weighted by molar-refractivity contribution is -0.115. The van der Waals surface area contributed by atoms with E-state index < -0.39 is 17.6 Å². The van der Waals surface area contributed by atoms with Gasteiger partial charge in [-0.3, -0.25) is 38.4 Å². The molecule has 4 aromatic heterocycles. The van der Waals surface area contributed by atoms with E-state index in [0.29, 0.717) is 148 Å². The summed E-state index contributed by atoms with van der Waals surface area (Å²) in [5.74, 6) is -3.13. The Kier molecular flexibility index (Phi) is 36.6. The molecule has 7 aliphatic heterocycles. The van der Waals surface area contributed by atoms with Crippen molar-refractivity contribution in [1.82, 2.24) is 35.9 Å². The molecule has 29 heteroatoms. The molecule has 14 N–H and O–H groups in total. The zero-order chi connectivity index (χ0) is 77.8. The summed E-state index contributed by atoms with van der Waals surface area (Å²) in [4.78, 5) is 117. The normalized spacial score (nSPS) is 16.1. The number of anilines is 3. The van der Waals surface area contributed by atoms with Gasteiger partial charge in [-0.25, -0.2) is 18.0 Å². The summed E-state index contributed by atoms with van der Waals surface area (Å²) in [6.07, 6.45) is 12.0. The summed E-state index contributed by atoms with van der Waals surface area (Å²) in [6.45, 7) is 21.8. The van der Waals surface area contributed by atoms with E-state index in [1.165, 1.54) is 36.4 Å². The van der Waals surface area contributed by atoms with Crippen molar-refractivity contribution in [2.45, 2.75) is 174 Å². The van der Waals surface area contributed by atoms with E-state index in [1.54, 1.807) is 65.0 Å². The van der Waals surface area contributed by atoms with Gasteiger partial charge in [-0.15, -0.1) is 0 Å². The van der Waals surface area contributed by atoms with Crippen molar-refractivity contribution >= 4 is 94.3 Å². The van der Waals surface area contributed by atoms with Crippen molar-refractivity contribution < 1.29 is 85.5 Å². The number of benzene rings is 3. The number of aromatic amines is 4. The number of hydrogen-bond donors (Lipinski definition) is 13. The number of fused-ring (bicyclic) bond motifs is 3. The number of aldehydes is 2. The Morgan fingerprint density at radius 3 is 1.07 bits per heavy atom. The van der Waals surface area contributed by atoms with Crippen LogP contribution >= 0.6 is 0 Å². The highest BCUT2D eigenvalue weighted by Gasteiger charge is 2.31. The zero-order valence-electron chi connectivity index (χ0n) is 61.5. The Morgan fingerprint density at radius 1 is 0.468 bits per heavy atom. The van der Waals surface area contributed by atoms with Crippen LogP contribution in [0.3, 0.4) is 0 Å². The molecule has 3 aromatic carbocycles. The number of aryl methyl sites for hydroxylation is 4. The van der Waals surface area contributed by atoms with Gasteiger partial charge in [0.05, 0.1) is 51.2 Å². The number of ether oxygens (including phenoxy) is 4. The van der Waals surface area contributed by atoms with Gasteiger partial charge in [-0.05, 0) is 208 Å². The standard InChI is InChI=1S/2C21H22FN3O3.C13H18N2O3.C8H6FNO.C8H9NO3.C5H11NO.C2H6O.4CH4/c2*1-11-18(10-16-15-9-13(22)3-4-17(15)25-20(16)26)23-12(2)19(11)21(27)24-14-5-7-28-8-6-14;1-8-11(7-16)14-9(2)12(8)13(17)15-10-3-5-18-6-4-10;9-6-1-2-7-5(3-6)4-8(11)10-7;1-4-6(3-10)9-5(2)7(4)8(11)12;6-5-1-3-7-4-2-5;1-2-3;;;;/h2*3-4,9-10,14,23H,5-8H2,1-2H3,(H,24,27)(H,25,26);7,10,14H,3-6H2,1-2H3,(H,15,17);1-3H,4H2,(H,10,11);3,9H,1-2H3,(H,11,12);5H,1-4,6H2;3H,2H2,1H3;4*1H4/b2*16-10-;;;;;;;;;. The number of carbonyl (C=O) groups is 9. The van der Waals surface area contributed by atoms with Gasteiger partial charge in [-0.1, -0.05) is 29.7 Å². The lowest BCUT2D eigenvalue weighted by Gasteiger charge is -2.23. The number of aromatic carboxylic acids is 1. The number of nitrogens with one attached hydrogen (secondary N) is 10. The van der Waals surface area contributed by atoms with Crippen LogP contribution in [0.4, 0.5) is 30.2 Å². The average molecular weight is 1550 g/mol. The van der Waals surface area contributed by atoms with Gasteiger partial charge < -0.3 is 86.7 Å². The molecule has 0 radical (unpaired) electrons. The van der Waals surface area contributed by atoms with E-state index in [-0.39, 0.29) is 101 Å². The van der Waals surface area contributed by atoms with Crippen LogP contribution in [0, 0.1) is 72.8 Å². The molecule has 0 spiro atoms. The SMILES string of the molecule is C.C.C.C.CCO.Cc1[nH]c(/C=C2\C(=O)Nc3ccc(F)cc32)c(C)c1C(=O)NC1CCOCC1.Cc1[nH]c(/C=C2\C(=O)Nc3ccc(F)cc32)c(C)c1C(=O)NC1CCOCC1.Cc1[nH]c(C=O)c(C)c1C(=O)NC1CCOCC1.Cc1[nH]c(C=O)c(C)c1C(=O)O.NC1CCOCC1.O=C1Cc2cc(F)ccc2N1. The van der Waals surface area contributed by atoms with E-state index in [2.05, 4.69) is 51.8 Å². The molecule has 4 fully saturated rings. The largest absolute Gasteiger partial charge is 0.478 e. The van der Waals surface area contributed by atoms with Crippen LogP contribution in [0.2, 0.25) is 0 Å². The van der Waals surface area contributed by atoms with E-state index >= 15 is 0 Å². The number of hydrogen-bond acceptors (Lipinski definition) is 15.